The van der Waals surface area contributed by atoms with Crippen molar-refractivity contribution in [2.45, 2.75) is 32.5 Å². The van der Waals surface area contributed by atoms with Gasteiger partial charge in [0.05, 0.1) is 0 Å². The number of likely N-dealkylation sites (tertiary alicyclic amines) is 1. The van der Waals surface area contributed by atoms with Gasteiger partial charge in [-0.2, -0.15) is 13.2 Å². The van der Waals surface area contributed by atoms with Crippen LogP contribution in [0.1, 0.15) is 25.3 Å². The van der Waals surface area contributed by atoms with E-state index in [0.29, 0.717) is 0 Å². The largest absolute Gasteiger partial charge is 0.490 e. The van der Waals surface area contributed by atoms with Crippen molar-refractivity contribution in [3.8, 4) is 5.69 Å². The molecule has 2 heterocycles. The molecule has 1 aromatic carbocycles. The lowest BCUT2D eigenvalue weighted by atomic mass is 10.00. The van der Waals surface area contributed by atoms with E-state index in [0.717, 1.165) is 12.5 Å². The summed E-state index contributed by atoms with van der Waals surface area (Å²) in [6, 6.07) is 13.1. The second kappa shape index (κ2) is 8.89. The van der Waals surface area contributed by atoms with Gasteiger partial charge < -0.3 is 9.67 Å². The molecule has 1 fully saturated rings. The van der Waals surface area contributed by atoms with Crippen LogP contribution in [0.5, 0.6) is 0 Å². The number of carboxylic acids is 1. The summed E-state index contributed by atoms with van der Waals surface area (Å²) in [5.41, 5.74) is 2.66. The van der Waals surface area contributed by atoms with E-state index in [1.807, 2.05) is 0 Å². The van der Waals surface area contributed by atoms with Gasteiger partial charge in [-0.1, -0.05) is 19.1 Å². The zero-order valence-corrected chi connectivity index (χ0v) is 14.6. The van der Waals surface area contributed by atoms with E-state index in [2.05, 4.69) is 65.2 Å². The summed E-state index contributed by atoms with van der Waals surface area (Å²) < 4.78 is 33.9. The first kappa shape index (κ1) is 20.0. The molecule has 7 heteroatoms. The monoisotopic (exact) mass is 368 g/mol. The summed E-state index contributed by atoms with van der Waals surface area (Å²) in [4.78, 5) is 11.5. The first-order valence-electron chi connectivity index (χ1n) is 8.50. The van der Waals surface area contributed by atoms with E-state index in [1.165, 1.54) is 37.2 Å². The molecule has 0 aliphatic carbocycles. The Hall–Kier alpha value is -2.28. The van der Waals surface area contributed by atoms with Crippen LogP contribution in [0.25, 0.3) is 5.69 Å². The third-order valence-corrected chi connectivity index (χ3v) is 4.23. The standard InChI is InChI=1S/C17H22N2.C2HF3O2/c1-15-5-4-10-18(13-15)14-16-6-8-17(9-7-16)19-11-2-3-12-19;3-2(4,5)1(6)7/h2-3,6-9,11-12,15H,4-5,10,13-14H2,1H3;(H,6,7). The molecule has 1 aromatic heterocycles. The minimum atomic E-state index is -5.08. The number of alkyl halides is 3. The summed E-state index contributed by atoms with van der Waals surface area (Å²) in [6.45, 7) is 5.96. The van der Waals surface area contributed by atoms with Gasteiger partial charge in [-0.15, -0.1) is 0 Å². The van der Waals surface area contributed by atoms with Crippen LogP contribution >= 0.6 is 0 Å². The molecule has 2 aromatic rings. The van der Waals surface area contributed by atoms with Gasteiger partial charge in [-0.3, -0.25) is 4.90 Å². The maximum Gasteiger partial charge on any atom is 0.490 e. The fourth-order valence-corrected chi connectivity index (χ4v) is 2.97. The zero-order chi connectivity index (χ0) is 19.2. The van der Waals surface area contributed by atoms with E-state index >= 15 is 0 Å². The summed E-state index contributed by atoms with van der Waals surface area (Å²) in [7, 11) is 0. The number of aromatic nitrogens is 1. The number of hydrogen-bond acceptors (Lipinski definition) is 2. The molecule has 1 aliphatic rings. The molecule has 4 nitrogen and oxygen atoms in total. The molecule has 0 saturated carbocycles. The molecule has 1 unspecified atom stereocenters. The van der Waals surface area contributed by atoms with E-state index in [-0.39, 0.29) is 0 Å². The van der Waals surface area contributed by atoms with Crippen LogP contribution in [0.15, 0.2) is 48.8 Å². The van der Waals surface area contributed by atoms with E-state index in [1.54, 1.807) is 0 Å². The van der Waals surface area contributed by atoms with Crippen LogP contribution < -0.4 is 0 Å². The normalized spacial score (nSPS) is 18.1. The lowest BCUT2D eigenvalue weighted by molar-refractivity contribution is -0.192. The van der Waals surface area contributed by atoms with Crippen molar-refractivity contribution in [3.05, 3.63) is 54.4 Å². The lowest BCUT2D eigenvalue weighted by Crippen LogP contribution is -2.33. The molecule has 26 heavy (non-hydrogen) atoms. The minimum Gasteiger partial charge on any atom is -0.475 e. The maximum atomic E-state index is 10.6. The van der Waals surface area contributed by atoms with Crippen LogP contribution in [-0.2, 0) is 11.3 Å². The number of halogens is 3. The number of aliphatic carboxylic acids is 1. The molecule has 0 amide bonds. The Morgan fingerprint density at radius 1 is 1.19 bits per heavy atom. The quantitative estimate of drug-likeness (QED) is 0.876. The molecule has 0 bridgehead atoms. The number of carboxylic acid groups (broad SMARTS) is 1. The number of nitrogens with zero attached hydrogens (tertiary/aromatic N) is 2. The van der Waals surface area contributed by atoms with Crippen molar-refractivity contribution >= 4 is 5.97 Å². The van der Waals surface area contributed by atoms with Gasteiger partial charge in [0.25, 0.3) is 0 Å². The summed E-state index contributed by atoms with van der Waals surface area (Å²) in [5, 5.41) is 7.12. The summed E-state index contributed by atoms with van der Waals surface area (Å²) in [5.74, 6) is -1.90. The van der Waals surface area contributed by atoms with Crippen molar-refractivity contribution < 1.29 is 23.1 Å². The topological polar surface area (TPSA) is 45.5 Å². The van der Waals surface area contributed by atoms with Gasteiger partial charge in [0.2, 0.25) is 0 Å². The Balaban J connectivity index is 0.000000298. The summed E-state index contributed by atoms with van der Waals surface area (Å²) in [6.07, 6.45) is 1.83. The highest BCUT2D eigenvalue weighted by Gasteiger charge is 2.38. The predicted molar refractivity (Wildman–Crippen MR) is 93.1 cm³/mol. The Morgan fingerprint density at radius 2 is 1.77 bits per heavy atom. The van der Waals surface area contributed by atoms with Gasteiger partial charge >= 0.3 is 12.1 Å². The smallest absolute Gasteiger partial charge is 0.475 e. The molecular formula is C19H23F3N2O2. The van der Waals surface area contributed by atoms with Crippen molar-refractivity contribution in [1.82, 2.24) is 9.47 Å². The molecular weight excluding hydrogens is 345 g/mol. The van der Waals surface area contributed by atoms with Crippen LogP contribution in [0.2, 0.25) is 0 Å². The number of carbonyl (C=O) groups is 1. The highest BCUT2D eigenvalue weighted by molar-refractivity contribution is 5.73. The fourth-order valence-electron chi connectivity index (χ4n) is 2.97. The first-order chi connectivity index (χ1) is 12.3. The van der Waals surface area contributed by atoms with E-state index < -0.39 is 12.1 Å². The molecule has 1 aliphatic heterocycles. The number of piperidine rings is 1. The number of hydrogen-bond donors (Lipinski definition) is 1. The van der Waals surface area contributed by atoms with Crippen molar-refractivity contribution in [1.29, 1.82) is 0 Å². The van der Waals surface area contributed by atoms with Crippen LogP contribution in [0.4, 0.5) is 13.2 Å². The molecule has 142 valence electrons. The third-order valence-electron chi connectivity index (χ3n) is 4.23. The van der Waals surface area contributed by atoms with E-state index in [9.17, 15) is 13.2 Å². The highest BCUT2D eigenvalue weighted by atomic mass is 19.4. The number of rotatable bonds is 3. The maximum absolute atomic E-state index is 10.6. The average Bonchev–Trinajstić information content (AvgIpc) is 3.10. The van der Waals surface area contributed by atoms with Crippen LogP contribution in [0, 0.1) is 5.92 Å². The van der Waals surface area contributed by atoms with Gasteiger partial charge in [0.1, 0.15) is 0 Å². The molecule has 1 N–H and O–H groups in total. The van der Waals surface area contributed by atoms with Gasteiger partial charge in [-0.25, -0.2) is 4.79 Å². The molecule has 1 atom stereocenters. The third kappa shape index (κ3) is 6.22. The second-order valence-electron chi connectivity index (χ2n) is 6.54. The van der Waals surface area contributed by atoms with Crippen LogP contribution in [0.3, 0.4) is 0 Å². The predicted octanol–water partition coefficient (Wildman–Crippen LogP) is 4.34. The minimum absolute atomic E-state index is 0.855. The number of benzene rings is 1. The fraction of sp³-hybridized carbons (Fsp3) is 0.421. The Kier molecular flexibility index (Phi) is 6.85. The van der Waals surface area contributed by atoms with Crippen molar-refractivity contribution in [2.75, 3.05) is 13.1 Å². The van der Waals surface area contributed by atoms with Crippen molar-refractivity contribution in [2.24, 2.45) is 5.92 Å². The van der Waals surface area contributed by atoms with Gasteiger partial charge in [0, 0.05) is 31.2 Å². The molecule has 0 radical (unpaired) electrons. The first-order valence-corrected chi connectivity index (χ1v) is 8.50. The summed E-state index contributed by atoms with van der Waals surface area (Å²) >= 11 is 0. The molecule has 1 saturated heterocycles. The molecule has 3 rings (SSSR count). The van der Waals surface area contributed by atoms with Crippen LogP contribution in [-0.4, -0.2) is 39.8 Å². The van der Waals surface area contributed by atoms with Gasteiger partial charge in [-0.05, 0) is 55.1 Å². The van der Waals surface area contributed by atoms with E-state index in [4.69, 9.17) is 9.90 Å². The molecule has 0 spiro atoms. The average molecular weight is 368 g/mol. The van der Waals surface area contributed by atoms with Gasteiger partial charge in [0.15, 0.2) is 0 Å². The van der Waals surface area contributed by atoms with Crippen molar-refractivity contribution in [3.63, 3.8) is 0 Å². The highest BCUT2D eigenvalue weighted by Crippen LogP contribution is 2.18. The zero-order valence-electron chi connectivity index (χ0n) is 14.6. The second-order valence-corrected chi connectivity index (χ2v) is 6.54. The Morgan fingerprint density at radius 3 is 2.27 bits per heavy atom. The Labute approximate surface area is 150 Å². The Bertz CT molecular complexity index is 682. The lowest BCUT2D eigenvalue weighted by Gasteiger charge is -2.30. The SMILES string of the molecule is CC1CCCN(Cc2ccc(-n3cccc3)cc2)C1.O=C(O)C(F)(F)F.